The van der Waals surface area contributed by atoms with E-state index in [1.165, 1.54) is 18.2 Å². The van der Waals surface area contributed by atoms with Crippen molar-refractivity contribution >= 4 is 18.1 Å². The van der Waals surface area contributed by atoms with Crippen molar-refractivity contribution in [1.82, 2.24) is 10.6 Å². The van der Waals surface area contributed by atoms with Crippen LogP contribution in [0.2, 0.25) is 0 Å². The number of urea groups is 1. The van der Waals surface area contributed by atoms with Gasteiger partial charge in [-0.25, -0.2) is 14.0 Å². The minimum Gasteiger partial charge on any atom is -0.462 e. The van der Waals surface area contributed by atoms with Gasteiger partial charge < -0.3 is 15.4 Å². The second-order valence-corrected chi connectivity index (χ2v) is 4.19. The van der Waals surface area contributed by atoms with Gasteiger partial charge in [0, 0.05) is 19.2 Å². The van der Waals surface area contributed by atoms with E-state index in [0.717, 1.165) is 0 Å². The molecule has 0 fully saturated rings. The standard InChI is InChI=1S/C15H19FN2O3/c1-2-17-15(20)18-10-3-11-21-14(19)9-6-12-4-7-13(16)8-5-12/h4-9H,2-3,10-11H2,1H3,(H2,17,18,20). The van der Waals surface area contributed by atoms with Crippen LogP contribution in [0.4, 0.5) is 9.18 Å². The van der Waals surface area contributed by atoms with E-state index in [9.17, 15) is 14.0 Å². The number of amides is 2. The average molecular weight is 294 g/mol. The van der Waals surface area contributed by atoms with Gasteiger partial charge in [-0.15, -0.1) is 0 Å². The molecule has 0 aliphatic carbocycles. The summed E-state index contributed by atoms with van der Waals surface area (Å²) in [7, 11) is 0. The molecule has 0 bridgehead atoms. The Morgan fingerprint density at radius 1 is 1.24 bits per heavy atom. The molecule has 21 heavy (non-hydrogen) atoms. The third-order valence-electron chi connectivity index (χ3n) is 2.47. The first kappa shape index (κ1) is 16.7. The van der Waals surface area contributed by atoms with Crippen LogP contribution in [0, 0.1) is 5.82 Å². The van der Waals surface area contributed by atoms with Gasteiger partial charge in [0.05, 0.1) is 6.61 Å². The quantitative estimate of drug-likeness (QED) is 0.460. The summed E-state index contributed by atoms with van der Waals surface area (Å²) in [6, 6.07) is 5.53. The number of hydrogen-bond acceptors (Lipinski definition) is 3. The largest absolute Gasteiger partial charge is 0.462 e. The maximum atomic E-state index is 12.7. The smallest absolute Gasteiger partial charge is 0.330 e. The molecule has 114 valence electrons. The Kier molecular flexibility index (Phi) is 7.56. The Hall–Kier alpha value is -2.37. The van der Waals surface area contributed by atoms with E-state index in [4.69, 9.17) is 4.74 Å². The fraction of sp³-hybridized carbons (Fsp3) is 0.333. The highest BCUT2D eigenvalue weighted by Gasteiger charge is 1.99. The maximum absolute atomic E-state index is 12.7. The zero-order chi connectivity index (χ0) is 15.5. The molecule has 0 atom stereocenters. The van der Waals surface area contributed by atoms with Gasteiger partial charge in [0.15, 0.2) is 0 Å². The van der Waals surface area contributed by atoms with E-state index in [0.29, 0.717) is 25.1 Å². The van der Waals surface area contributed by atoms with Gasteiger partial charge in [0.25, 0.3) is 0 Å². The Balaban J connectivity index is 2.16. The maximum Gasteiger partial charge on any atom is 0.330 e. The summed E-state index contributed by atoms with van der Waals surface area (Å²) in [6.07, 6.45) is 3.37. The number of nitrogens with one attached hydrogen (secondary N) is 2. The molecule has 0 spiro atoms. The van der Waals surface area contributed by atoms with E-state index in [1.807, 2.05) is 6.92 Å². The molecule has 0 aromatic heterocycles. The fourth-order valence-corrected chi connectivity index (χ4v) is 1.46. The lowest BCUT2D eigenvalue weighted by molar-refractivity contribution is -0.137. The van der Waals surface area contributed by atoms with Crippen molar-refractivity contribution in [3.63, 3.8) is 0 Å². The minimum atomic E-state index is -0.475. The van der Waals surface area contributed by atoms with E-state index in [2.05, 4.69) is 10.6 Å². The van der Waals surface area contributed by atoms with Gasteiger partial charge in [0.1, 0.15) is 5.82 Å². The molecular weight excluding hydrogens is 275 g/mol. The van der Waals surface area contributed by atoms with Crippen molar-refractivity contribution in [2.24, 2.45) is 0 Å². The predicted octanol–water partition coefficient (Wildman–Crippen LogP) is 2.09. The van der Waals surface area contributed by atoms with Crippen molar-refractivity contribution in [3.05, 3.63) is 41.7 Å². The first-order valence-corrected chi connectivity index (χ1v) is 6.74. The lowest BCUT2D eigenvalue weighted by Crippen LogP contribution is -2.36. The molecular formula is C15H19FN2O3. The Bertz CT molecular complexity index is 486. The molecule has 5 nitrogen and oxygen atoms in total. The summed E-state index contributed by atoms with van der Waals surface area (Å²) in [6.45, 7) is 3.05. The van der Waals surface area contributed by atoms with Crippen LogP contribution >= 0.6 is 0 Å². The zero-order valence-electron chi connectivity index (χ0n) is 11.9. The number of halogens is 1. The van der Waals surface area contributed by atoms with Gasteiger partial charge in [-0.3, -0.25) is 0 Å². The first-order valence-electron chi connectivity index (χ1n) is 6.74. The molecule has 0 aliphatic rings. The van der Waals surface area contributed by atoms with Gasteiger partial charge in [0.2, 0.25) is 0 Å². The molecule has 2 N–H and O–H groups in total. The SMILES string of the molecule is CCNC(=O)NCCCOC(=O)C=Cc1ccc(F)cc1. The van der Waals surface area contributed by atoms with Crippen LogP contribution in [-0.2, 0) is 9.53 Å². The van der Waals surface area contributed by atoms with E-state index in [1.54, 1.807) is 18.2 Å². The van der Waals surface area contributed by atoms with Crippen LogP contribution in [-0.4, -0.2) is 31.7 Å². The molecule has 0 heterocycles. The third-order valence-corrected chi connectivity index (χ3v) is 2.47. The molecule has 0 aliphatic heterocycles. The van der Waals surface area contributed by atoms with Crippen molar-refractivity contribution < 1.29 is 18.7 Å². The number of benzene rings is 1. The summed E-state index contributed by atoms with van der Waals surface area (Å²) < 4.78 is 17.6. The summed E-state index contributed by atoms with van der Waals surface area (Å²) in [5.41, 5.74) is 0.714. The molecule has 1 aromatic rings. The first-order chi connectivity index (χ1) is 10.1. The van der Waals surface area contributed by atoms with Crippen LogP contribution < -0.4 is 10.6 Å². The summed E-state index contributed by atoms with van der Waals surface area (Å²) in [5, 5.41) is 5.22. The summed E-state index contributed by atoms with van der Waals surface area (Å²) >= 11 is 0. The molecule has 2 amide bonds. The number of hydrogen-bond donors (Lipinski definition) is 2. The Morgan fingerprint density at radius 2 is 1.95 bits per heavy atom. The molecule has 0 saturated heterocycles. The highest BCUT2D eigenvalue weighted by Crippen LogP contribution is 2.04. The molecule has 0 radical (unpaired) electrons. The lowest BCUT2D eigenvalue weighted by atomic mass is 10.2. The van der Waals surface area contributed by atoms with Crippen LogP contribution in [0.15, 0.2) is 30.3 Å². The van der Waals surface area contributed by atoms with Crippen LogP contribution in [0.3, 0.4) is 0 Å². The summed E-state index contributed by atoms with van der Waals surface area (Å²) in [4.78, 5) is 22.5. The van der Waals surface area contributed by atoms with Crippen molar-refractivity contribution in [1.29, 1.82) is 0 Å². The van der Waals surface area contributed by atoms with Gasteiger partial charge in [-0.2, -0.15) is 0 Å². The van der Waals surface area contributed by atoms with E-state index in [-0.39, 0.29) is 18.5 Å². The predicted molar refractivity (Wildman–Crippen MR) is 78.1 cm³/mol. The molecule has 0 unspecified atom stereocenters. The third kappa shape index (κ3) is 7.71. The second kappa shape index (κ2) is 9.52. The Labute approximate surface area is 123 Å². The molecule has 1 rings (SSSR count). The van der Waals surface area contributed by atoms with Gasteiger partial charge >= 0.3 is 12.0 Å². The van der Waals surface area contributed by atoms with Crippen LogP contribution in [0.5, 0.6) is 0 Å². The monoisotopic (exact) mass is 294 g/mol. The topological polar surface area (TPSA) is 67.4 Å². The second-order valence-electron chi connectivity index (χ2n) is 4.19. The number of esters is 1. The average Bonchev–Trinajstić information content (AvgIpc) is 2.46. The molecule has 6 heteroatoms. The van der Waals surface area contributed by atoms with E-state index < -0.39 is 5.97 Å². The zero-order valence-corrected chi connectivity index (χ0v) is 11.9. The minimum absolute atomic E-state index is 0.221. The Morgan fingerprint density at radius 3 is 2.62 bits per heavy atom. The van der Waals surface area contributed by atoms with Crippen LogP contribution in [0.25, 0.3) is 6.08 Å². The number of carbonyl (C=O) groups is 2. The summed E-state index contributed by atoms with van der Waals surface area (Å²) in [5.74, 6) is -0.799. The number of rotatable bonds is 7. The van der Waals surface area contributed by atoms with Crippen molar-refractivity contribution in [2.45, 2.75) is 13.3 Å². The fourth-order valence-electron chi connectivity index (χ4n) is 1.46. The highest BCUT2D eigenvalue weighted by molar-refractivity contribution is 5.87. The van der Waals surface area contributed by atoms with Gasteiger partial charge in [-0.05, 0) is 37.1 Å². The number of carbonyl (C=O) groups excluding carboxylic acids is 2. The molecule has 1 aromatic carbocycles. The number of ether oxygens (including phenoxy) is 1. The highest BCUT2D eigenvalue weighted by atomic mass is 19.1. The van der Waals surface area contributed by atoms with Crippen molar-refractivity contribution in [3.8, 4) is 0 Å². The van der Waals surface area contributed by atoms with E-state index >= 15 is 0 Å². The lowest BCUT2D eigenvalue weighted by Gasteiger charge is -2.05. The van der Waals surface area contributed by atoms with Crippen molar-refractivity contribution in [2.75, 3.05) is 19.7 Å². The normalized spacial score (nSPS) is 10.4. The van der Waals surface area contributed by atoms with Crippen LogP contribution in [0.1, 0.15) is 18.9 Å². The molecule has 0 saturated carbocycles. The van der Waals surface area contributed by atoms with Gasteiger partial charge in [-0.1, -0.05) is 12.1 Å².